The van der Waals surface area contributed by atoms with Crippen molar-refractivity contribution in [2.75, 3.05) is 13.7 Å². The van der Waals surface area contributed by atoms with E-state index in [1.165, 1.54) is 0 Å². The maximum atomic E-state index is 12.8. The van der Waals surface area contributed by atoms with Gasteiger partial charge >= 0.3 is 0 Å². The number of aromatic nitrogens is 3. The van der Waals surface area contributed by atoms with Crippen LogP contribution in [0.4, 0.5) is 0 Å². The van der Waals surface area contributed by atoms with Gasteiger partial charge < -0.3 is 14.4 Å². The lowest BCUT2D eigenvalue weighted by molar-refractivity contribution is -0.129. The van der Waals surface area contributed by atoms with Gasteiger partial charge in [0, 0.05) is 30.6 Å². The number of imidazole rings is 1. The second kappa shape index (κ2) is 10.1. The molecule has 5 rings (SSSR count). The molecule has 0 N–H and O–H groups in total. The minimum atomic E-state index is -0.148. The van der Waals surface area contributed by atoms with E-state index in [1.54, 1.807) is 20.2 Å². The minimum absolute atomic E-state index is 0.134. The fraction of sp³-hybridized carbons (Fsp3) is 0.276. The molecule has 2 aromatic carbocycles. The van der Waals surface area contributed by atoms with Gasteiger partial charge in [-0.1, -0.05) is 12.0 Å². The first kappa shape index (κ1) is 23.4. The number of aryl methyl sites for hydroxylation is 1. The molecule has 1 saturated heterocycles. The first-order valence-electron chi connectivity index (χ1n) is 12.1. The third-order valence-electron chi connectivity index (χ3n) is 6.46. The normalized spacial score (nSPS) is 15.3. The standard InChI is InChI=1S/C29H28N4O3/c1-4-8-26(34)32-17-6-5-11-25(32)29-31-27(28-20(2)30-16-18-33(28)29)21-12-14-22(15-13-21)36-24-10-7-9-23(19-24)35-3/h7,9-10,12-16,18-19,25H,5-6,11,17H2,1-3H3/t25-/m0/s1. The maximum Gasteiger partial charge on any atom is 0.299 e. The van der Waals surface area contributed by atoms with Crippen LogP contribution in [0.25, 0.3) is 16.8 Å². The van der Waals surface area contributed by atoms with E-state index in [9.17, 15) is 4.79 Å². The summed E-state index contributed by atoms with van der Waals surface area (Å²) in [5.41, 5.74) is 3.61. The van der Waals surface area contributed by atoms with Gasteiger partial charge in [-0.05, 0) is 75.4 Å². The summed E-state index contributed by atoms with van der Waals surface area (Å²) in [5.74, 6) is 8.31. The van der Waals surface area contributed by atoms with Crippen molar-refractivity contribution in [2.24, 2.45) is 0 Å². The molecule has 7 heteroatoms. The molecule has 1 aliphatic rings. The number of rotatable bonds is 5. The summed E-state index contributed by atoms with van der Waals surface area (Å²) >= 11 is 0. The Labute approximate surface area is 210 Å². The number of nitrogens with zero attached hydrogens (tertiary/aromatic N) is 4. The van der Waals surface area contributed by atoms with Crippen LogP contribution in [0.5, 0.6) is 17.2 Å². The Kier molecular flexibility index (Phi) is 6.59. The Morgan fingerprint density at radius 2 is 1.89 bits per heavy atom. The molecule has 182 valence electrons. The van der Waals surface area contributed by atoms with Crippen LogP contribution in [-0.2, 0) is 4.79 Å². The fourth-order valence-corrected chi connectivity index (χ4v) is 4.76. The summed E-state index contributed by atoms with van der Waals surface area (Å²) in [5, 5.41) is 0. The predicted octanol–water partition coefficient (Wildman–Crippen LogP) is 5.58. The van der Waals surface area contributed by atoms with Crippen molar-refractivity contribution in [3.8, 4) is 40.3 Å². The largest absolute Gasteiger partial charge is 0.497 e. The number of ether oxygens (including phenoxy) is 2. The lowest BCUT2D eigenvalue weighted by atomic mass is 10.0. The van der Waals surface area contributed by atoms with Crippen molar-refractivity contribution < 1.29 is 14.3 Å². The van der Waals surface area contributed by atoms with Gasteiger partial charge in [-0.3, -0.25) is 14.2 Å². The van der Waals surface area contributed by atoms with E-state index in [1.807, 2.05) is 66.6 Å². The number of carbonyl (C=O) groups is 1. The number of fused-ring (bicyclic) bond motifs is 1. The van der Waals surface area contributed by atoms with Crippen LogP contribution in [0.3, 0.4) is 0 Å². The van der Waals surface area contributed by atoms with Crippen LogP contribution in [0, 0.1) is 18.8 Å². The molecule has 36 heavy (non-hydrogen) atoms. The number of likely N-dealkylation sites (tertiary alicyclic amines) is 1. The molecular weight excluding hydrogens is 452 g/mol. The van der Waals surface area contributed by atoms with Gasteiger partial charge in [-0.2, -0.15) is 0 Å². The van der Waals surface area contributed by atoms with Gasteiger partial charge in [0.25, 0.3) is 5.91 Å². The van der Waals surface area contributed by atoms with Crippen molar-refractivity contribution in [1.29, 1.82) is 0 Å². The van der Waals surface area contributed by atoms with Crippen LogP contribution in [-0.4, -0.2) is 38.8 Å². The summed E-state index contributed by atoms with van der Waals surface area (Å²) in [6.07, 6.45) is 6.57. The van der Waals surface area contributed by atoms with E-state index in [2.05, 4.69) is 21.2 Å². The topological polar surface area (TPSA) is 69.0 Å². The van der Waals surface area contributed by atoms with Gasteiger partial charge in [-0.15, -0.1) is 0 Å². The smallest absolute Gasteiger partial charge is 0.299 e. The SMILES string of the molecule is CC#CC(=O)N1CCCC[C@H]1c1nc(-c2ccc(Oc3cccc(OC)c3)cc2)c2c(C)nccn12. The first-order valence-corrected chi connectivity index (χ1v) is 12.1. The summed E-state index contributed by atoms with van der Waals surface area (Å²) in [7, 11) is 1.63. The molecular formula is C29H28N4O3. The Bertz CT molecular complexity index is 1460. The van der Waals surface area contributed by atoms with Gasteiger partial charge in [0.2, 0.25) is 0 Å². The second-order valence-electron chi connectivity index (χ2n) is 8.74. The van der Waals surface area contributed by atoms with E-state index in [-0.39, 0.29) is 11.9 Å². The van der Waals surface area contributed by atoms with Gasteiger partial charge in [0.15, 0.2) is 0 Å². The molecule has 2 aromatic heterocycles. The number of methoxy groups -OCH3 is 1. The molecule has 1 aliphatic heterocycles. The lowest BCUT2D eigenvalue weighted by Crippen LogP contribution is -2.38. The molecule has 1 fully saturated rings. The van der Waals surface area contributed by atoms with Crippen LogP contribution < -0.4 is 9.47 Å². The molecule has 1 atom stereocenters. The number of hydrogen-bond donors (Lipinski definition) is 0. The van der Waals surface area contributed by atoms with Gasteiger partial charge in [-0.25, -0.2) is 4.98 Å². The van der Waals surface area contributed by atoms with Crippen molar-refractivity contribution in [3.05, 3.63) is 72.4 Å². The molecule has 0 unspecified atom stereocenters. The first-order chi connectivity index (χ1) is 17.6. The number of piperidine rings is 1. The number of amides is 1. The van der Waals surface area contributed by atoms with E-state index >= 15 is 0 Å². The molecule has 0 radical (unpaired) electrons. The molecule has 0 spiro atoms. The zero-order valence-corrected chi connectivity index (χ0v) is 20.7. The van der Waals surface area contributed by atoms with E-state index in [4.69, 9.17) is 14.5 Å². The fourth-order valence-electron chi connectivity index (χ4n) is 4.76. The Morgan fingerprint density at radius 1 is 1.08 bits per heavy atom. The quantitative estimate of drug-likeness (QED) is 0.349. The Balaban J connectivity index is 1.52. The highest BCUT2D eigenvalue weighted by Gasteiger charge is 2.31. The van der Waals surface area contributed by atoms with Crippen LogP contribution >= 0.6 is 0 Å². The molecule has 0 saturated carbocycles. The number of carbonyl (C=O) groups excluding carboxylic acids is 1. The van der Waals surface area contributed by atoms with Crippen molar-refractivity contribution in [3.63, 3.8) is 0 Å². The van der Waals surface area contributed by atoms with Crippen molar-refractivity contribution in [1.82, 2.24) is 19.3 Å². The lowest BCUT2D eigenvalue weighted by Gasteiger charge is -2.33. The molecule has 1 amide bonds. The van der Waals surface area contributed by atoms with Crippen molar-refractivity contribution >= 4 is 11.4 Å². The van der Waals surface area contributed by atoms with E-state index < -0.39 is 0 Å². The summed E-state index contributed by atoms with van der Waals surface area (Å²) in [6.45, 7) is 4.36. The molecule has 7 nitrogen and oxygen atoms in total. The van der Waals surface area contributed by atoms with E-state index in [0.29, 0.717) is 18.0 Å². The highest BCUT2D eigenvalue weighted by Crippen LogP contribution is 2.36. The summed E-state index contributed by atoms with van der Waals surface area (Å²) in [4.78, 5) is 24.3. The average Bonchev–Trinajstić information content (AvgIpc) is 3.30. The molecule has 3 heterocycles. The predicted molar refractivity (Wildman–Crippen MR) is 138 cm³/mol. The summed E-state index contributed by atoms with van der Waals surface area (Å²) < 4.78 is 13.4. The molecule has 0 aliphatic carbocycles. The zero-order valence-electron chi connectivity index (χ0n) is 20.7. The third kappa shape index (κ3) is 4.50. The highest BCUT2D eigenvalue weighted by molar-refractivity contribution is 5.93. The Morgan fingerprint density at radius 3 is 2.67 bits per heavy atom. The highest BCUT2D eigenvalue weighted by atomic mass is 16.5. The Hall–Kier alpha value is -4.31. The second-order valence-corrected chi connectivity index (χ2v) is 8.74. The van der Waals surface area contributed by atoms with Gasteiger partial charge in [0.05, 0.1) is 30.1 Å². The molecule has 0 bridgehead atoms. The van der Waals surface area contributed by atoms with Crippen molar-refractivity contribution in [2.45, 2.75) is 39.2 Å². The van der Waals surface area contributed by atoms with Crippen LogP contribution in [0.15, 0.2) is 60.9 Å². The van der Waals surface area contributed by atoms with Crippen LogP contribution in [0.2, 0.25) is 0 Å². The minimum Gasteiger partial charge on any atom is -0.497 e. The average molecular weight is 481 g/mol. The van der Waals surface area contributed by atoms with E-state index in [0.717, 1.165) is 53.3 Å². The number of hydrogen-bond acceptors (Lipinski definition) is 5. The van der Waals surface area contributed by atoms with Crippen LogP contribution in [0.1, 0.15) is 43.7 Å². The summed E-state index contributed by atoms with van der Waals surface area (Å²) in [6, 6.07) is 15.2. The maximum absolute atomic E-state index is 12.8. The zero-order chi connectivity index (χ0) is 25.1. The number of benzene rings is 2. The third-order valence-corrected chi connectivity index (χ3v) is 6.46. The van der Waals surface area contributed by atoms with Gasteiger partial charge in [0.1, 0.15) is 23.1 Å². The molecule has 4 aromatic rings. The monoisotopic (exact) mass is 480 g/mol.